The van der Waals surface area contributed by atoms with Gasteiger partial charge in [-0.2, -0.15) is 23.2 Å². The summed E-state index contributed by atoms with van der Waals surface area (Å²) in [6.07, 6.45) is -2.50. The fourth-order valence-electron chi connectivity index (χ4n) is 2.84. The normalized spacial score (nSPS) is 23.6. The SMILES string of the molecule is COC(=O)[C@@]1(C(F)(F)F)N=C(c2ccccc2)OC(N2CCCCC2)=N1. The lowest BCUT2D eigenvalue weighted by atomic mass is 10.1. The van der Waals surface area contributed by atoms with Gasteiger partial charge in [0.15, 0.2) is 0 Å². The molecule has 0 aromatic heterocycles. The van der Waals surface area contributed by atoms with Gasteiger partial charge in [-0.25, -0.2) is 4.79 Å². The quantitative estimate of drug-likeness (QED) is 0.752. The Labute approximate surface area is 148 Å². The number of rotatable bonds is 2. The monoisotopic (exact) mass is 369 g/mol. The van der Waals surface area contributed by atoms with Gasteiger partial charge in [0, 0.05) is 18.7 Å². The van der Waals surface area contributed by atoms with Gasteiger partial charge in [-0.1, -0.05) is 18.2 Å². The molecular weight excluding hydrogens is 351 g/mol. The number of amidine groups is 1. The third-order valence-corrected chi connectivity index (χ3v) is 4.22. The highest BCUT2D eigenvalue weighted by atomic mass is 19.4. The highest BCUT2D eigenvalue weighted by molar-refractivity contribution is 6.05. The lowest BCUT2D eigenvalue weighted by molar-refractivity contribution is -0.202. The number of hydrogen-bond acceptors (Lipinski definition) is 6. The Balaban J connectivity index is 2.12. The maximum Gasteiger partial charge on any atom is 0.446 e. The van der Waals surface area contributed by atoms with Crippen LogP contribution >= 0.6 is 0 Å². The standard InChI is InChI=1S/C17H18F3N3O3/c1-25-14(24)16(17(18,19)20)21-13(12-8-4-2-5-9-12)26-15(22-16)23-10-6-3-7-11-23/h2,4-5,8-9H,3,6-7,10-11H2,1H3/t16-/m1/s1. The zero-order valence-corrected chi connectivity index (χ0v) is 14.1. The summed E-state index contributed by atoms with van der Waals surface area (Å²) in [4.78, 5) is 20.9. The van der Waals surface area contributed by atoms with Crippen LogP contribution in [0.15, 0.2) is 40.3 Å². The van der Waals surface area contributed by atoms with Crippen LogP contribution in [0.5, 0.6) is 0 Å². The van der Waals surface area contributed by atoms with Crippen LogP contribution in [0, 0.1) is 0 Å². The first-order chi connectivity index (χ1) is 12.4. The van der Waals surface area contributed by atoms with Gasteiger partial charge in [-0.05, 0) is 31.4 Å². The lowest BCUT2D eigenvalue weighted by Gasteiger charge is -2.35. The molecule has 1 aromatic rings. The van der Waals surface area contributed by atoms with Gasteiger partial charge < -0.3 is 14.4 Å². The molecule has 140 valence electrons. The van der Waals surface area contributed by atoms with Crippen LogP contribution in [-0.4, -0.2) is 54.8 Å². The van der Waals surface area contributed by atoms with Crippen molar-refractivity contribution in [1.82, 2.24) is 4.90 Å². The Hall–Kier alpha value is -2.58. The number of hydrogen-bond donors (Lipinski definition) is 0. The van der Waals surface area contributed by atoms with Crippen molar-refractivity contribution in [1.29, 1.82) is 0 Å². The lowest BCUT2D eigenvalue weighted by Crippen LogP contribution is -2.55. The van der Waals surface area contributed by atoms with Crippen molar-refractivity contribution in [2.24, 2.45) is 9.98 Å². The summed E-state index contributed by atoms with van der Waals surface area (Å²) in [6, 6.07) is 7.83. The zero-order chi connectivity index (χ0) is 18.8. The van der Waals surface area contributed by atoms with E-state index in [1.807, 2.05) is 0 Å². The number of carbonyl (C=O) groups is 1. The molecule has 1 aromatic carbocycles. The predicted molar refractivity (Wildman–Crippen MR) is 87.7 cm³/mol. The molecule has 6 nitrogen and oxygen atoms in total. The van der Waals surface area contributed by atoms with E-state index in [4.69, 9.17) is 4.74 Å². The molecule has 0 bridgehead atoms. The number of ether oxygens (including phenoxy) is 2. The van der Waals surface area contributed by atoms with Crippen LogP contribution in [0.3, 0.4) is 0 Å². The number of likely N-dealkylation sites (tertiary alicyclic amines) is 1. The van der Waals surface area contributed by atoms with Crippen molar-refractivity contribution in [3.05, 3.63) is 35.9 Å². The van der Waals surface area contributed by atoms with Crippen LogP contribution in [0.4, 0.5) is 13.2 Å². The highest BCUT2D eigenvalue weighted by Gasteiger charge is 2.65. The molecule has 3 rings (SSSR count). The molecule has 0 saturated carbocycles. The first kappa shape index (κ1) is 18.2. The molecule has 2 aliphatic heterocycles. The van der Waals surface area contributed by atoms with E-state index in [1.54, 1.807) is 35.2 Å². The summed E-state index contributed by atoms with van der Waals surface area (Å²) in [6.45, 7) is 0.992. The molecule has 0 radical (unpaired) electrons. The number of methoxy groups -OCH3 is 1. The zero-order valence-electron chi connectivity index (χ0n) is 14.1. The van der Waals surface area contributed by atoms with E-state index in [-0.39, 0.29) is 11.9 Å². The highest BCUT2D eigenvalue weighted by Crippen LogP contribution is 2.39. The van der Waals surface area contributed by atoms with E-state index in [2.05, 4.69) is 14.7 Å². The summed E-state index contributed by atoms with van der Waals surface area (Å²) in [7, 11) is 0.874. The number of nitrogens with zero attached hydrogens (tertiary/aromatic N) is 3. The largest absolute Gasteiger partial charge is 0.465 e. The number of halogens is 3. The Bertz CT molecular complexity index is 728. The van der Waals surface area contributed by atoms with Gasteiger partial charge in [-0.3, -0.25) is 0 Å². The average molecular weight is 369 g/mol. The van der Waals surface area contributed by atoms with Crippen molar-refractivity contribution >= 4 is 17.9 Å². The third kappa shape index (κ3) is 3.25. The fourth-order valence-corrected chi connectivity index (χ4v) is 2.84. The molecule has 1 saturated heterocycles. The summed E-state index contributed by atoms with van der Waals surface area (Å²) < 4.78 is 51.6. The minimum Gasteiger partial charge on any atom is -0.465 e. The Morgan fingerprint density at radius 2 is 1.81 bits per heavy atom. The number of aliphatic imine (C=N–C) groups is 2. The second kappa shape index (κ2) is 6.97. The van der Waals surface area contributed by atoms with Crippen molar-refractivity contribution < 1.29 is 27.4 Å². The predicted octanol–water partition coefficient (Wildman–Crippen LogP) is 2.74. The first-order valence-electron chi connectivity index (χ1n) is 8.20. The minimum atomic E-state index is -5.08. The molecule has 0 aliphatic carbocycles. The van der Waals surface area contributed by atoms with Gasteiger partial charge in [0.05, 0.1) is 7.11 Å². The Morgan fingerprint density at radius 1 is 1.15 bits per heavy atom. The summed E-state index contributed by atoms with van der Waals surface area (Å²) >= 11 is 0. The molecule has 2 aliphatic rings. The molecule has 26 heavy (non-hydrogen) atoms. The van der Waals surface area contributed by atoms with Gasteiger partial charge in [0.1, 0.15) is 0 Å². The van der Waals surface area contributed by atoms with E-state index in [0.717, 1.165) is 26.4 Å². The minimum absolute atomic E-state index is 0.263. The van der Waals surface area contributed by atoms with Crippen LogP contribution in [0.25, 0.3) is 0 Å². The Morgan fingerprint density at radius 3 is 2.38 bits per heavy atom. The summed E-state index contributed by atoms with van der Waals surface area (Å²) in [5.41, 5.74) is -3.06. The summed E-state index contributed by atoms with van der Waals surface area (Å²) in [5.74, 6) is -1.92. The van der Waals surface area contributed by atoms with Crippen LogP contribution in [0.1, 0.15) is 24.8 Å². The van der Waals surface area contributed by atoms with E-state index in [9.17, 15) is 18.0 Å². The summed E-state index contributed by atoms with van der Waals surface area (Å²) in [5, 5.41) is 0. The second-order valence-corrected chi connectivity index (χ2v) is 5.99. The molecule has 9 heteroatoms. The number of benzene rings is 1. The molecule has 0 amide bonds. The van der Waals surface area contributed by atoms with Crippen molar-refractivity contribution in [3.8, 4) is 0 Å². The van der Waals surface area contributed by atoms with Crippen LogP contribution < -0.4 is 0 Å². The molecule has 2 heterocycles. The van der Waals surface area contributed by atoms with Crippen molar-refractivity contribution in [2.75, 3.05) is 20.2 Å². The topological polar surface area (TPSA) is 63.5 Å². The maximum atomic E-state index is 13.9. The smallest absolute Gasteiger partial charge is 0.446 e. The van der Waals surface area contributed by atoms with E-state index < -0.39 is 17.8 Å². The molecule has 0 unspecified atom stereocenters. The molecule has 0 N–H and O–H groups in total. The number of esters is 1. The van der Waals surface area contributed by atoms with E-state index in [1.165, 1.54) is 0 Å². The second-order valence-electron chi connectivity index (χ2n) is 5.99. The number of alkyl halides is 3. The van der Waals surface area contributed by atoms with E-state index in [0.29, 0.717) is 18.7 Å². The third-order valence-electron chi connectivity index (χ3n) is 4.22. The molecule has 1 fully saturated rings. The van der Waals surface area contributed by atoms with Crippen LogP contribution in [-0.2, 0) is 14.3 Å². The van der Waals surface area contributed by atoms with E-state index >= 15 is 0 Å². The van der Waals surface area contributed by atoms with Gasteiger partial charge in [0.2, 0.25) is 5.90 Å². The van der Waals surface area contributed by atoms with Gasteiger partial charge in [-0.15, -0.1) is 0 Å². The number of piperidine rings is 1. The fraction of sp³-hybridized carbons (Fsp3) is 0.471. The molecular formula is C17H18F3N3O3. The molecule has 0 spiro atoms. The van der Waals surface area contributed by atoms with Crippen molar-refractivity contribution in [2.45, 2.75) is 31.1 Å². The number of carbonyl (C=O) groups excluding carboxylic acids is 1. The average Bonchev–Trinajstić information content (AvgIpc) is 2.67. The van der Waals surface area contributed by atoms with Gasteiger partial charge in [0.25, 0.3) is 6.02 Å². The molecule has 1 atom stereocenters. The van der Waals surface area contributed by atoms with Crippen molar-refractivity contribution in [3.63, 3.8) is 0 Å². The van der Waals surface area contributed by atoms with Gasteiger partial charge >= 0.3 is 17.8 Å². The maximum absolute atomic E-state index is 13.9. The van der Waals surface area contributed by atoms with Crippen LogP contribution in [0.2, 0.25) is 0 Å². The Kier molecular flexibility index (Phi) is 4.88. The first-order valence-corrected chi connectivity index (χ1v) is 8.20.